The molecule has 0 radical (unpaired) electrons. The van der Waals surface area contributed by atoms with Gasteiger partial charge in [0.1, 0.15) is 5.41 Å². The molecule has 2 nitrogen and oxygen atoms in total. The quantitative estimate of drug-likeness (QED) is 0.557. The second-order valence-corrected chi connectivity index (χ2v) is 4.14. The number of rotatable bonds is 2. The third-order valence-corrected chi connectivity index (χ3v) is 3.26. The summed E-state index contributed by atoms with van der Waals surface area (Å²) < 4.78 is 0. The highest BCUT2D eigenvalue weighted by Crippen LogP contribution is 2.40. The largest absolute Gasteiger partial charge is 0.292 e. The van der Waals surface area contributed by atoms with Gasteiger partial charge in [0.25, 0.3) is 0 Å². The van der Waals surface area contributed by atoms with Crippen molar-refractivity contribution >= 4 is 5.78 Å². The molecule has 1 atom stereocenters. The Kier molecular flexibility index (Phi) is 2.62. The van der Waals surface area contributed by atoms with E-state index in [-0.39, 0.29) is 5.78 Å². The average molecular weight is 211 g/mol. The van der Waals surface area contributed by atoms with Crippen LogP contribution in [-0.4, -0.2) is 5.78 Å². The van der Waals surface area contributed by atoms with Crippen LogP contribution in [0.5, 0.6) is 0 Å². The average Bonchev–Trinajstić information content (AvgIpc) is 2.72. The molecular weight excluding hydrogens is 198 g/mol. The first-order valence-corrected chi connectivity index (χ1v) is 5.39. The molecule has 0 saturated heterocycles. The van der Waals surface area contributed by atoms with Crippen LogP contribution in [-0.2, 0) is 0 Å². The summed E-state index contributed by atoms with van der Waals surface area (Å²) >= 11 is 0. The van der Waals surface area contributed by atoms with E-state index < -0.39 is 5.41 Å². The van der Waals surface area contributed by atoms with Gasteiger partial charge < -0.3 is 0 Å². The predicted octanol–water partition coefficient (Wildman–Crippen LogP) is 3.12. The molecular formula is C14H13NO. The van der Waals surface area contributed by atoms with E-state index in [1.807, 2.05) is 31.2 Å². The lowest BCUT2D eigenvalue weighted by molar-refractivity contribution is 0.0892. The summed E-state index contributed by atoms with van der Waals surface area (Å²) in [5.74, 6) is -0.0677. The van der Waals surface area contributed by atoms with Gasteiger partial charge in [-0.25, -0.2) is 0 Å². The minimum Gasteiger partial charge on any atom is -0.292 e. The van der Waals surface area contributed by atoms with Crippen LogP contribution in [0.15, 0.2) is 42.0 Å². The van der Waals surface area contributed by atoms with Crippen LogP contribution in [0.3, 0.4) is 0 Å². The summed E-state index contributed by atoms with van der Waals surface area (Å²) in [5.41, 5.74) is 0.601. The van der Waals surface area contributed by atoms with Gasteiger partial charge in [0.15, 0.2) is 5.78 Å². The third kappa shape index (κ3) is 1.45. The fraction of sp³-hybridized carbons (Fsp3) is 0.286. The Labute approximate surface area is 95.2 Å². The van der Waals surface area contributed by atoms with E-state index >= 15 is 0 Å². The van der Waals surface area contributed by atoms with Crippen LogP contribution >= 0.6 is 0 Å². The Balaban J connectivity index is 2.43. The van der Waals surface area contributed by atoms with Crippen molar-refractivity contribution < 1.29 is 4.79 Å². The zero-order chi connectivity index (χ0) is 11.6. The number of carbonyl (C=O) groups excluding carboxylic acids is 1. The van der Waals surface area contributed by atoms with Crippen LogP contribution in [0, 0.1) is 16.7 Å². The molecule has 1 aliphatic rings. The molecule has 0 aliphatic heterocycles. The van der Waals surface area contributed by atoms with Gasteiger partial charge in [-0.2, -0.15) is 5.26 Å². The van der Waals surface area contributed by atoms with E-state index in [9.17, 15) is 10.1 Å². The number of benzene rings is 1. The molecule has 2 rings (SSSR count). The molecule has 0 saturated carbocycles. The summed E-state index contributed by atoms with van der Waals surface area (Å²) in [6.45, 7) is 1.87. The van der Waals surface area contributed by atoms with Crippen molar-refractivity contribution in [2.45, 2.75) is 19.8 Å². The van der Waals surface area contributed by atoms with Gasteiger partial charge in [-0.15, -0.1) is 0 Å². The molecule has 0 N–H and O–H groups in total. The van der Waals surface area contributed by atoms with Crippen molar-refractivity contribution in [3.63, 3.8) is 0 Å². The Morgan fingerprint density at radius 1 is 1.38 bits per heavy atom. The maximum Gasteiger partial charge on any atom is 0.187 e. The minimum atomic E-state index is -0.915. The first-order chi connectivity index (χ1) is 7.70. The highest BCUT2D eigenvalue weighted by molar-refractivity contribution is 6.04. The molecule has 0 bridgehead atoms. The summed E-state index contributed by atoms with van der Waals surface area (Å²) in [4.78, 5) is 12.3. The molecule has 1 aromatic rings. The van der Waals surface area contributed by atoms with Crippen molar-refractivity contribution in [3.05, 3.63) is 47.5 Å². The van der Waals surface area contributed by atoms with Gasteiger partial charge in [0.2, 0.25) is 0 Å². The molecule has 0 heterocycles. The fourth-order valence-electron chi connectivity index (χ4n) is 2.20. The lowest BCUT2D eigenvalue weighted by Crippen LogP contribution is -2.28. The van der Waals surface area contributed by atoms with Gasteiger partial charge in [-0.05, 0) is 25.3 Å². The van der Waals surface area contributed by atoms with Gasteiger partial charge >= 0.3 is 0 Å². The number of carbonyl (C=O) groups is 1. The maximum atomic E-state index is 12.3. The maximum absolute atomic E-state index is 12.3. The number of Topliss-reactive ketones (excluding diaryl/α,β-unsaturated/α-hetero) is 1. The van der Waals surface area contributed by atoms with E-state index in [0.29, 0.717) is 12.0 Å². The van der Waals surface area contributed by atoms with E-state index in [4.69, 9.17) is 0 Å². The van der Waals surface area contributed by atoms with Crippen LogP contribution in [0.25, 0.3) is 0 Å². The zero-order valence-corrected chi connectivity index (χ0v) is 9.23. The van der Waals surface area contributed by atoms with Gasteiger partial charge in [-0.1, -0.05) is 36.4 Å². The lowest BCUT2D eigenvalue weighted by Gasteiger charge is -2.21. The number of nitrogens with zero attached hydrogens (tertiary/aromatic N) is 1. The van der Waals surface area contributed by atoms with E-state index in [1.54, 1.807) is 12.1 Å². The Hall–Kier alpha value is -1.88. The molecule has 16 heavy (non-hydrogen) atoms. The molecule has 0 fully saturated rings. The highest BCUT2D eigenvalue weighted by atomic mass is 16.1. The van der Waals surface area contributed by atoms with Crippen molar-refractivity contribution in [2.24, 2.45) is 5.41 Å². The van der Waals surface area contributed by atoms with Crippen molar-refractivity contribution in [2.75, 3.05) is 0 Å². The summed E-state index contributed by atoms with van der Waals surface area (Å²) in [6, 6.07) is 11.3. The van der Waals surface area contributed by atoms with Gasteiger partial charge in [0, 0.05) is 5.56 Å². The zero-order valence-electron chi connectivity index (χ0n) is 9.23. The molecule has 0 spiro atoms. The molecule has 1 aromatic carbocycles. The Morgan fingerprint density at radius 3 is 2.56 bits per heavy atom. The topological polar surface area (TPSA) is 40.9 Å². The second kappa shape index (κ2) is 3.94. The molecule has 0 aromatic heterocycles. The number of hydrogen-bond donors (Lipinski definition) is 0. The van der Waals surface area contributed by atoms with Gasteiger partial charge in [-0.3, -0.25) is 4.79 Å². The Bertz CT molecular complexity index is 481. The molecule has 0 amide bonds. The predicted molar refractivity (Wildman–Crippen MR) is 61.8 cm³/mol. The fourth-order valence-corrected chi connectivity index (χ4v) is 2.20. The standard InChI is InChI=1S/C14H13NO/c1-11-6-5-9-14(11,10-15)13(16)12-7-3-2-4-8-12/h2-4,6-8H,5,9H2,1H3. The minimum absolute atomic E-state index is 0.0677. The van der Waals surface area contributed by atoms with Crippen LogP contribution in [0.2, 0.25) is 0 Å². The summed E-state index contributed by atoms with van der Waals surface area (Å²) in [7, 11) is 0. The van der Waals surface area contributed by atoms with Crippen molar-refractivity contribution in [1.82, 2.24) is 0 Å². The van der Waals surface area contributed by atoms with E-state index in [1.165, 1.54) is 0 Å². The van der Waals surface area contributed by atoms with E-state index in [0.717, 1.165) is 12.0 Å². The smallest absolute Gasteiger partial charge is 0.187 e. The third-order valence-electron chi connectivity index (χ3n) is 3.26. The SMILES string of the molecule is CC1=CCCC1(C#N)C(=O)c1ccccc1. The molecule has 2 heteroatoms. The lowest BCUT2D eigenvalue weighted by atomic mass is 9.77. The van der Waals surface area contributed by atoms with Crippen molar-refractivity contribution in [1.29, 1.82) is 5.26 Å². The van der Waals surface area contributed by atoms with Crippen LogP contribution in [0.1, 0.15) is 30.1 Å². The number of hydrogen-bond acceptors (Lipinski definition) is 2. The first-order valence-electron chi connectivity index (χ1n) is 5.39. The second-order valence-electron chi connectivity index (χ2n) is 4.14. The number of ketones is 1. The van der Waals surface area contributed by atoms with Crippen LogP contribution < -0.4 is 0 Å². The van der Waals surface area contributed by atoms with Crippen molar-refractivity contribution in [3.8, 4) is 6.07 Å². The normalized spacial score (nSPS) is 23.6. The highest BCUT2D eigenvalue weighted by Gasteiger charge is 2.42. The molecule has 1 aliphatic carbocycles. The first kappa shape index (κ1) is 10.6. The van der Waals surface area contributed by atoms with Crippen LogP contribution in [0.4, 0.5) is 0 Å². The van der Waals surface area contributed by atoms with E-state index in [2.05, 4.69) is 6.07 Å². The summed E-state index contributed by atoms with van der Waals surface area (Å²) in [6.07, 6.45) is 3.42. The number of allylic oxidation sites excluding steroid dienone is 2. The Morgan fingerprint density at radius 2 is 2.06 bits per heavy atom. The molecule has 1 unspecified atom stereocenters. The monoisotopic (exact) mass is 211 g/mol. The number of nitriles is 1. The molecule has 80 valence electrons. The van der Waals surface area contributed by atoms with Gasteiger partial charge in [0.05, 0.1) is 6.07 Å². The summed E-state index contributed by atoms with van der Waals surface area (Å²) in [5, 5.41) is 9.31.